The van der Waals surface area contributed by atoms with Crippen molar-refractivity contribution in [1.29, 1.82) is 0 Å². The Morgan fingerprint density at radius 1 is 1.12 bits per heavy atom. The Labute approximate surface area is 246 Å². The zero-order valence-corrected chi connectivity index (χ0v) is 25.6. The average Bonchev–Trinajstić information content (AvgIpc) is 3.38. The van der Waals surface area contributed by atoms with E-state index in [0.29, 0.717) is 67.1 Å². The van der Waals surface area contributed by atoms with E-state index >= 15 is 0 Å². The monoisotopic (exact) mass is 584 g/mol. The summed E-state index contributed by atoms with van der Waals surface area (Å²) in [4.78, 5) is 50.3. The van der Waals surface area contributed by atoms with Crippen molar-refractivity contribution in [3.63, 3.8) is 0 Å². The van der Waals surface area contributed by atoms with Gasteiger partial charge in [0.15, 0.2) is 5.17 Å². The molecule has 11 heteroatoms. The Kier molecular flexibility index (Phi) is 10.0. The summed E-state index contributed by atoms with van der Waals surface area (Å²) in [6, 6.07) is 4.95. The minimum Gasteiger partial charge on any atom is -0.497 e. The highest BCUT2D eigenvalue weighted by Crippen LogP contribution is 2.48. The van der Waals surface area contributed by atoms with E-state index in [-0.39, 0.29) is 30.1 Å². The number of nitrogens with zero attached hydrogens (tertiary/aromatic N) is 4. The number of ether oxygens (including phenoxy) is 3. The second kappa shape index (κ2) is 13.5. The standard InChI is InChI=1S/C30H40N4O6S/c1-7-32(8-2)28(36)26-19(4)31-30-34(27(26)23-16-22(38-5)12-13-24(23)39-6)21(18-41-30)15-25(35)33-14-10-11-20(17-33)29(37)40-9-3/h12-13,16,18,20,27H,7-11,14-15,17H2,1-6H3. The van der Waals surface area contributed by atoms with Gasteiger partial charge in [-0.25, -0.2) is 4.99 Å². The van der Waals surface area contributed by atoms with Gasteiger partial charge in [0.25, 0.3) is 5.91 Å². The SMILES string of the molecule is CCOC(=O)C1CCCN(C(=O)CC2=CSC3=NC(C)=C(C(=O)N(CC)CC)C(c4cc(OC)ccc4OC)N23)C1. The number of carbonyl (C=O) groups excluding carboxylic acids is 3. The molecule has 222 valence electrons. The van der Waals surface area contributed by atoms with E-state index in [1.54, 1.807) is 30.9 Å². The van der Waals surface area contributed by atoms with Crippen LogP contribution < -0.4 is 9.47 Å². The van der Waals surface area contributed by atoms with Gasteiger partial charge in [0, 0.05) is 37.4 Å². The lowest BCUT2D eigenvalue weighted by Crippen LogP contribution is -2.44. The molecule has 0 radical (unpaired) electrons. The lowest BCUT2D eigenvalue weighted by Gasteiger charge is -2.39. The van der Waals surface area contributed by atoms with Gasteiger partial charge < -0.3 is 28.9 Å². The number of fused-ring (bicyclic) bond motifs is 1. The van der Waals surface area contributed by atoms with E-state index in [4.69, 9.17) is 19.2 Å². The highest BCUT2D eigenvalue weighted by Gasteiger charge is 2.43. The van der Waals surface area contributed by atoms with Crippen LogP contribution in [0.5, 0.6) is 11.5 Å². The molecule has 1 aromatic rings. The van der Waals surface area contributed by atoms with Gasteiger partial charge in [-0.2, -0.15) is 0 Å². The van der Waals surface area contributed by atoms with Crippen LogP contribution in [0.3, 0.4) is 0 Å². The minimum atomic E-state index is -0.580. The molecule has 1 aromatic carbocycles. The van der Waals surface area contributed by atoms with E-state index < -0.39 is 6.04 Å². The molecule has 4 rings (SSSR count). The maximum Gasteiger partial charge on any atom is 0.310 e. The molecule has 2 atom stereocenters. The number of amides is 2. The van der Waals surface area contributed by atoms with Crippen LogP contribution in [-0.4, -0.2) is 84.7 Å². The summed E-state index contributed by atoms with van der Waals surface area (Å²) in [6.45, 7) is 9.91. The Morgan fingerprint density at radius 2 is 1.88 bits per heavy atom. The minimum absolute atomic E-state index is 0.0775. The largest absolute Gasteiger partial charge is 0.497 e. The highest BCUT2D eigenvalue weighted by atomic mass is 32.2. The fourth-order valence-corrected chi connectivity index (χ4v) is 6.56. The number of rotatable bonds is 10. The summed E-state index contributed by atoms with van der Waals surface area (Å²) in [5.74, 6) is 0.475. The molecule has 1 saturated heterocycles. The molecule has 10 nitrogen and oxygen atoms in total. The Hall–Kier alpha value is -3.47. The molecular weight excluding hydrogens is 544 g/mol. The van der Waals surface area contributed by atoms with E-state index in [9.17, 15) is 14.4 Å². The van der Waals surface area contributed by atoms with E-state index in [1.165, 1.54) is 11.8 Å². The maximum atomic E-state index is 14.0. The average molecular weight is 585 g/mol. The third-order valence-electron chi connectivity index (χ3n) is 7.74. The van der Waals surface area contributed by atoms with Gasteiger partial charge in [-0.15, -0.1) is 0 Å². The van der Waals surface area contributed by atoms with E-state index in [1.807, 2.05) is 49.3 Å². The first-order chi connectivity index (χ1) is 19.8. The first-order valence-corrected chi connectivity index (χ1v) is 15.1. The first kappa shape index (κ1) is 30.5. The predicted molar refractivity (Wildman–Crippen MR) is 158 cm³/mol. The Bertz CT molecular complexity index is 1270. The number of hydrogen-bond acceptors (Lipinski definition) is 9. The number of allylic oxidation sites excluding steroid dienone is 1. The fraction of sp³-hybridized carbons (Fsp3) is 0.533. The quantitative estimate of drug-likeness (QED) is 0.375. The summed E-state index contributed by atoms with van der Waals surface area (Å²) in [7, 11) is 3.20. The summed E-state index contributed by atoms with van der Waals surface area (Å²) in [5.41, 5.74) is 2.65. The van der Waals surface area contributed by atoms with Gasteiger partial charge in [-0.1, -0.05) is 11.8 Å². The molecule has 0 saturated carbocycles. The van der Waals surface area contributed by atoms with Crippen molar-refractivity contribution in [2.24, 2.45) is 10.9 Å². The number of hydrogen-bond donors (Lipinski definition) is 0. The lowest BCUT2D eigenvalue weighted by atomic mass is 9.91. The molecule has 3 aliphatic heterocycles. The smallest absolute Gasteiger partial charge is 0.310 e. The summed E-state index contributed by atoms with van der Waals surface area (Å²) in [6.07, 6.45) is 1.56. The molecule has 3 aliphatic rings. The number of amidine groups is 1. The highest BCUT2D eigenvalue weighted by molar-refractivity contribution is 8.16. The van der Waals surface area contributed by atoms with Gasteiger partial charge in [-0.05, 0) is 64.1 Å². The predicted octanol–water partition coefficient (Wildman–Crippen LogP) is 4.34. The van der Waals surface area contributed by atoms with E-state index in [2.05, 4.69) is 0 Å². The Balaban J connectivity index is 1.71. The third-order valence-corrected chi connectivity index (χ3v) is 8.63. The van der Waals surface area contributed by atoms with Gasteiger partial charge in [0.2, 0.25) is 5.91 Å². The lowest BCUT2D eigenvalue weighted by molar-refractivity contribution is -0.151. The van der Waals surface area contributed by atoms with Gasteiger partial charge in [0.05, 0.1) is 50.5 Å². The number of carbonyl (C=O) groups is 3. The summed E-state index contributed by atoms with van der Waals surface area (Å²) in [5, 5.41) is 2.63. The van der Waals surface area contributed by atoms with Gasteiger partial charge in [0.1, 0.15) is 11.5 Å². The van der Waals surface area contributed by atoms with E-state index in [0.717, 1.165) is 17.7 Å². The number of piperidine rings is 1. The van der Waals surface area contributed by atoms with Crippen molar-refractivity contribution in [3.05, 3.63) is 46.1 Å². The van der Waals surface area contributed by atoms with Crippen LogP contribution in [0.4, 0.5) is 0 Å². The van der Waals surface area contributed by atoms with Crippen molar-refractivity contribution >= 4 is 34.7 Å². The number of esters is 1. The van der Waals surface area contributed by atoms with Crippen molar-refractivity contribution < 1.29 is 28.6 Å². The molecule has 2 unspecified atom stereocenters. The normalized spacial score (nSPS) is 20.2. The summed E-state index contributed by atoms with van der Waals surface area (Å²) < 4.78 is 16.5. The molecule has 0 spiro atoms. The second-order valence-corrected chi connectivity index (χ2v) is 10.9. The van der Waals surface area contributed by atoms with Crippen LogP contribution in [0.15, 0.2) is 45.6 Å². The number of likely N-dealkylation sites (N-methyl/N-ethyl adjacent to an activating group) is 1. The molecule has 0 aliphatic carbocycles. The van der Waals surface area contributed by atoms with Gasteiger partial charge >= 0.3 is 5.97 Å². The van der Waals surface area contributed by atoms with Gasteiger partial charge in [-0.3, -0.25) is 14.4 Å². The zero-order valence-electron chi connectivity index (χ0n) is 24.8. The molecule has 0 aromatic heterocycles. The number of benzene rings is 1. The molecule has 41 heavy (non-hydrogen) atoms. The zero-order chi connectivity index (χ0) is 29.7. The first-order valence-electron chi connectivity index (χ1n) is 14.2. The van der Waals surface area contributed by atoms with Crippen LogP contribution >= 0.6 is 11.8 Å². The topological polar surface area (TPSA) is 101 Å². The maximum absolute atomic E-state index is 14.0. The van der Waals surface area contributed by atoms with Crippen LogP contribution in [-0.2, 0) is 19.1 Å². The molecule has 3 heterocycles. The Morgan fingerprint density at radius 3 is 2.54 bits per heavy atom. The number of methoxy groups -OCH3 is 2. The molecular formula is C30H40N4O6S. The van der Waals surface area contributed by atoms with Crippen molar-refractivity contribution in [2.45, 2.75) is 53.0 Å². The number of aliphatic imine (C=N–C) groups is 1. The molecule has 1 fully saturated rings. The molecule has 0 N–H and O–H groups in total. The third kappa shape index (κ3) is 6.24. The van der Waals surface area contributed by atoms with Crippen molar-refractivity contribution in [2.75, 3.05) is 47.0 Å². The van der Waals surface area contributed by atoms with Crippen LogP contribution in [0, 0.1) is 5.92 Å². The van der Waals surface area contributed by atoms with Crippen LogP contribution in [0.1, 0.15) is 58.6 Å². The number of likely N-dealkylation sites (tertiary alicyclic amines) is 1. The molecule has 0 bridgehead atoms. The van der Waals surface area contributed by atoms with Crippen molar-refractivity contribution in [1.82, 2.24) is 14.7 Å². The summed E-state index contributed by atoms with van der Waals surface area (Å²) >= 11 is 1.43. The van der Waals surface area contributed by atoms with Crippen LogP contribution in [0.2, 0.25) is 0 Å². The molecule has 2 amide bonds. The second-order valence-electron chi connectivity index (χ2n) is 10.1. The van der Waals surface area contributed by atoms with Crippen LogP contribution in [0.25, 0.3) is 0 Å². The number of thioether (sulfide) groups is 1. The van der Waals surface area contributed by atoms with Crippen molar-refractivity contribution in [3.8, 4) is 11.5 Å². The fourth-order valence-electron chi connectivity index (χ4n) is 5.59.